The van der Waals surface area contributed by atoms with Crippen LogP contribution in [0.25, 0.3) is 11.0 Å². The largest absolute Gasteiger partial charge is 0.495 e. The lowest BCUT2D eigenvalue weighted by Gasteiger charge is -2.14. The van der Waals surface area contributed by atoms with Gasteiger partial charge in [0.15, 0.2) is 16.3 Å². The Hall–Kier alpha value is -4.06. The normalized spacial score (nSPS) is 11.2. The first-order valence-electron chi connectivity index (χ1n) is 9.22. The van der Waals surface area contributed by atoms with E-state index < -0.39 is 10.0 Å². The Bertz CT molecular complexity index is 1340. The molecule has 2 heterocycles. The summed E-state index contributed by atoms with van der Waals surface area (Å²) in [7, 11) is 0.0844. The smallest absolute Gasteiger partial charge is 0.270 e. The van der Waals surface area contributed by atoms with Crippen LogP contribution in [-0.4, -0.2) is 44.9 Å². The second kappa shape index (κ2) is 8.59. The second-order valence-electron chi connectivity index (χ2n) is 6.37. The minimum absolute atomic E-state index is 0.0197. The number of rotatable bonds is 8. The van der Waals surface area contributed by atoms with Gasteiger partial charge in [-0.1, -0.05) is 11.2 Å². The molecule has 0 bridgehead atoms. The molecular formula is C20H19N5O6S. The standard InChI is InChI=1S/C20H19N5O6S/c1-28-14-6-4-7-15(29-2)18(14)32(26,27)25-19-12-10-17(30-3)13(11-16(12)31-24-19)23-20-21-8-5-9-22-20/h4-11H,1-3H3,(H,24,25)(H,21,22,23). The van der Waals surface area contributed by atoms with Gasteiger partial charge in [-0.3, -0.25) is 4.72 Å². The van der Waals surface area contributed by atoms with Gasteiger partial charge in [0.2, 0.25) is 5.95 Å². The Morgan fingerprint density at radius 2 is 1.56 bits per heavy atom. The number of benzene rings is 2. The quantitative estimate of drug-likeness (QED) is 0.406. The number of fused-ring (bicyclic) bond motifs is 1. The van der Waals surface area contributed by atoms with E-state index in [1.807, 2.05) is 0 Å². The van der Waals surface area contributed by atoms with Crippen LogP contribution in [0.15, 0.2) is 58.2 Å². The predicted octanol–water partition coefficient (Wildman–Crippen LogP) is 3.19. The van der Waals surface area contributed by atoms with Gasteiger partial charge in [-0.2, -0.15) is 0 Å². The minimum Gasteiger partial charge on any atom is -0.495 e. The molecule has 12 heteroatoms. The summed E-state index contributed by atoms with van der Waals surface area (Å²) in [5.74, 6) is 0.985. The SMILES string of the molecule is COc1cc2c(NS(=O)(=O)c3c(OC)cccc3OC)noc2cc1Nc1ncccn1. The van der Waals surface area contributed by atoms with Crippen LogP contribution in [0.4, 0.5) is 17.5 Å². The second-order valence-corrected chi connectivity index (χ2v) is 7.99. The van der Waals surface area contributed by atoms with Crippen LogP contribution in [0.2, 0.25) is 0 Å². The summed E-state index contributed by atoms with van der Waals surface area (Å²) in [6.45, 7) is 0. The van der Waals surface area contributed by atoms with Crippen LogP contribution in [-0.2, 0) is 10.0 Å². The molecule has 166 valence electrons. The van der Waals surface area contributed by atoms with Gasteiger partial charge in [0.05, 0.1) is 32.4 Å². The van der Waals surface area contributed by atoms with Crippen molar-refractivity contribution in [1.29, 1.82) is 0 Å². The zero-order chi connectivity index (χ0) is 22.7. The van der Waals surface area contributed by atoms with E-state index in [0.29, 0.717) is 28.4 Å². The maximum atomic E-state index is 13.2. The van der Waals surface area contributed by atoms with E-state index in [9.17, 15) is 8.42 Å². The number of nitrogens with one attached hydrogen (secondary N) is 2. The molecule has 2 aromatic carbocycles. The minimum atomic E-state index is -4.14. The van der Waals surface area contributed by atoms with Gasteiger partial charge in [-0.05, 0) is 24.3 Å². The molecule has 2 N–H and O–H groups in total. The molecule has 0 saturated carbocycles. The van der Waals surface area contributed by atoms with Gasteiger partial charge < -0.3 is 24.1 Å². The number of anilines is 3. The molecule has 0 atom stereocenters. The Morgan fingerprint density at radius 3 is 2.19 bits per heavy atom. The highest BCUT2D eigenvalue weighted by Gasteiger charge is 2.27. The Balaban J connectivity index is 1.73. The summed E-state index contributed by atoms with van der Waals surface area (Å²) in [6.07, 6.45) is 3.18. The number of nitrogens with zero attached hydrogens (tertiary/aromatic N) is 3. The van der Waals surface area contributed by atoms with E-state index in [-0.39, 0.29) is 22.2 Å². The molecule has 0 amide bonds. The Morgan fingerprint density at radius 1 is 0.906 bits per heavy atom. The third-order valence-corrected chi connectivity index (χ3v) is 5.89. The van der Waals surface area contributed by atoms with Crippen LogP contribution in [0, 0.1) is 0 Å². The fraction of sp³-hybridized carbons (Fsp3) is 0.150. The monoisotopic (exact) mass is 457 g/mol. The molecule has 4 rings (SSSR count). The average molecular weight is 457 g/mol. The summed E-state index contributed by atoms with van der Waals surface area (Å²) < 4.78 is 49.9. The molecule has 11 nitrogen and oxygen atoms in total. The van der Waals surface area contributed by atoms with Gasteiger partial charge in [-0.25, -0.2) is 18.4 Å². The lowest BCUT2D eigenvalue weighted by atomic mass is 10.2. The summed E-state index contributed by atoms with van der Waals surface area (Å²) >= 11 is 0. The first-order valence-corrected chi connectivity index (χ1v) is 10.7. The number of methoxy groups -OCH3 is 3. The van der Waals surface area contributed by atoms with E-state index in [0.717, 1.165) is 0 Å². The van der Waals surface area contributed by atoms with Crippen LogP contribution in [0.1, 0.15) is 0 Å². The van der Waals surface area contributed by atoms with Crippen LogP contribution in [0.3, 0.4) is 0 Å². The molecule has 0 unspecified atom stereocenters. The Kier molecular flexibility index (Phi) is 5.69. The van der Waals surface area contributed by atoms with Gasteiger partial charge in [0.25, 0.3) is 10.0 Å². The fourth-order valence-electron chi connectivity index (χ4n) is 3.05. The highest BCUT2D eigenvalue weighted by Crippen LogP contribution is 2.38. The molecule has 0 saturated heterocycles. The summed E-state index contributed by atoms with van der Waals surface area (Å²) in [5.41, 5.74) is 0.831. The molecule has 0 aliphatic carbocycles. The summed E-state index contributed by atoms with van der Waals surface area (Å²) in [4.78, 5) is 8.06. The third-order valence-electron chi connectivity index (χ3n) is 4.49. The molecular weight excluding hydrogens is 438 g/mol. The average Bonchev–Trinajstić information content (AvgIpc) is 3.19. The molecule has 0 aliphatic heterocycles. The van der Waals surface area contributed by atoms with E-state index in [2.05, 4.69) is 25.2 Å². The number of sulfonamides is 1. The summed E-state index contributed by atoms with van der Waals surface area (Å²) in [6, 6.07) is 9.55. The molecule has 32 heavy (non-hydrogen) atoms. The van der Waals surface area contributed by atoms with Crippen molar-refractivity contribution in [2.45, 2.75) is 4.90 Å². The number of hydrogen-bond acceptors (Lipinski definition) is 10. The number of aromatic nitrogens is 3. The zero-order valence-electron chi connectivity index (χ0n) is 17.3. The molecule has 0 aliphatic rings. The number of ether oxygens (including phenoxy) is 3. The van der Waals surface area contributed by atoms with E-state index >= 15 is 0 Å². The van der Waals surface area contributed by atoms with Crippen LogP contribution in [0.5, 0.6) is 17.2 Å². The molecule has 2 aromatic heterocycles. The first kappa shape index (κ1) is 21.2. The van der Waals surface area contributed by atoms with E-state index in [1.54, 1.807) is 36.7 Å². The number of hydrogen-bond donors (Lipinski definition) is 2. The lowest BCUT2D eigenvalue weighted by molar-refractivity contribution is 0.373. The third kappa shape index (κ3) is 3.95. The first-order chi connectivity index (χ1) is 15.5. The maximum Gasteiger partial charge on any atom is 0.270 e. The molecule has 0 radical (unpaired) electrons. The van der Waals surface area contributed by atoms with E-state index in [1.165, 1.54) is 33.5 Å². The fourth-order valence-corrected chi connectivity index (χ4v) is 4.39. The van der Waals surface area contributed by atoms with Gasteiger partial charge in [-0.15, -0.1) is 0 Å². The highest BCUT2D eigenvalue weighted by molar-refractivity contribution is 7.93. The Labute approximate surface area is 183 Å². The van der Waals surface area contributed by atoms with Crippen molar-refractivity contribution in [3.63, 3.8) is 0 Å². The predicted molar refractivity (Wildman–Crippen MR) is 116 cm³/mol. The zero-order valence-corrected chi connectivity index (χ0v) is 18.1. The molecule has 4 aromatic rings. The van der Waals surface area contributed by atoms with Crippen LogP contribution >= 0.6 is 0 Å². The van der Waals surface area contributed by atoms with E-state index in [4.69, 9.17) is 18.7 Å². The van der Waals surface area contributed by atoms with Crippen molar-refractivity contribution in [2.75, 3.05) is 31.4 Å². The van der Waals surface area contributed by atoms with Crippen molar-refractivity contribution in [1.82, 2.24) is 15.1 Å². The van der Waals surface area contributed by atoms with Crippen molar-refractivity contribution in [3.05, 3.63) is 48.8 Å². The van der Waals surface area contributed by atoms with Crippen molar-refractivity contribution in [2.24, 2.45) is 0 Å². The van der Waals surface area contributed by atoms with Crippen molar-refractivity contribution in [3.8, 4) is 17.2 Å². The topological polar surface area (TPSA) is 138 Å². The lowest BCUT2D eigenvalue weighted by Crippen LogP contribution is -2.15. The van der Waals surface area contributed by atoms with Gasteiger partial charge in [0, 0.05) is 18.5 Å². The molecule has 0 fully saturated rings. The summed E-state index contributed by atoms with van der Waals surface area (Å²) in [5, 5.41) is 7.29. The van der Waals surface area contributed by atoms with Crippen molar-refractivity contribution < 1.29 is 27.2 Å². The molecule has 0 spiro atoms. The van der Waals surface area contributed by atoms with Gasteiger partial charge >= 0.3 is 0 Å². The van der Waals surface area contributed by atoms with Gasteiger partial charge in [0.1, 0.15) is 17.2 Å². The highest BCUT2D eigenvalue weighted by atomic mass is 32.2. The van der Waals surface area contributed by atoms with Crippen molar-refractivity contribution >= 4 is 38.4 Å². The van der Waals surface area contributed by atoms with Crippen LogP contribution < -0.4 is 24.2 Å². The maximum absolute atomic E-state index is 13.2.